The third-order valence-corrected chi connectivity index (χ3v) is 4.18. The normalized spacial score (nSPS) is 11.6. The number of carbonyl (C=O) groups excluding carboxylic acids is 1. The third kappa shape index (κ3) is 2.57. The van der Waals surface area contributed by atoms with Crippen LogP contribution in [-0.2, 0) is 5.41 Å². The molecular formula is C16H16N4OS. The van der Waals surface area contributed by atoms with Gasteiger partial charge < -0.3 is 0 Å². The van der Waals surface area contributed by atoms with Crippen molar-refractivity contribution in [2.75, 3.05) is 0 Å². The van der Waals surface area contributed by atoms with Gasteiger partial charge in [-0.05, 0) is 11.0 Å². The van der Waals surface area contributed by atoms with E-state index in [1.54, 1.807) is 10.9 Å². The molecule has 0 N–H and O–H groups in total. The molecule has 5 nitrogen and oxygen atoms in total. The van der Waals surface area contributed by atoms with E-state index in [1.165, 1.54) is 16.9 Å². The van der Waals surface area contributed by atoms with Gasteiger partial charge in [0.15, 0.2) is 12.0 Å². The van der Waals surface area contributed by atoms with Crippen LogP contribution in [0.15, 0.2) is 35.8 Å². The molecular weight excluding hydrogens is 296 g/mol. The van der Waals surface area contributed by atoms with E-state index < -0.39 is 0 Å². The predicted molar refractivity (Wildman–Crippen MR) is 86.6 cm³/mol. The summed E-state index contributed by atoms with van der Waals surface area (Å²) >= 11 is 1.45. The number of carbonyl (C=O) groups is 1. The van der Waals surface area contributed by atoms with E-state index >= 15 is 0 Å². The monoisotopic (exact) mass is 312 g/mol. The molecule has 0 atom stereocenters. The van der Waals surface area contributed by atoms with Gasteiger partial charge in [0.1, 0.15) is 5.69 Å². The van der Waals surface area contributed by atoms with E-state index in [4.69, 9.17) is 0 Å². The maximum Gasteiger partial charge on any atom is 0.212 e. The minimum atomic E-state index is 0.0832. The molecule has 0 saturated heterocycles. The highest BCUT2D eigenvalue weighted by Gasteiger charge is 2.19. The van der Waals surface area contributed by atoms with E-state index in [0.29, 0.717) is 16.5 Å². The minimum Gasteiger partial charge on any atom is -0.296 e. The van der Waals surface area contributed by atoms with Gasteiger partial charge in [-0.3, -0.25) is 4.79 Å². The number of aldehydes is 1. The lowest BCUT2D eigenvalue weighted by atomic mass is 9.86. The highest BCUT2D eigenvalue weighted by atomic mass is 32.1. The van der Waals surface area contributed by atoms with Gasteiger partial charge in [-0.2, -0.15) is 4.68 Å². The Morgan fingerprint density at radius 3 is 2.45 bits per heavy atom. The first-order valence-corrected chi connectivity index (χ1v) is 7.80. The van der Waals surface area contributed by atoms with Crippen LogP contribution in [0.5, 0.6) is 0 Å². The predicted octanol–water partition coefficient (Wildman–Crippen LogP) is 3.50. The van der Waals surface area contributed by atoms with Crippen LogP contribution in [0.4, 0.5) is 0 Å². The Labute approximate surface area is 132 Å². The van der Waals surface area contributed by atoms with Crippen LogP contribution in [0, 0.1) is 0 Å². The van der Waals surface area contributed by atoms with Crippen LogP contribution in [0.1, 0.15) is 36.8 Å². The summed E-state index contributed by atoms with van der Waals surface area (Å²) < 4.78 is 1.61. The molecule has 0 aliphatic carbocycles. The maximum absolute atomic E-state index is 11.3. The summed E-state index contributed by atoms with van der Waals surface area (Å²) in [5, 5.41) is 10.6. The minimum absolute atomic E-state index is 0.0832. The number of rotatable bonds is 3. The van der Waals surface area contributed by atoms with Crippen molar-refractivity contribution in [1.82, 2.24) is 20.0 Å². The zero-order chi connectivity index (χ0) is 15.7. The second kappa shape index (κ2) is 5.46. The molecule has 3 rings (SSSR count). The zero-order valence-corrected chi connectivity index (χ0v) is 13.5. The smallest absolute Gasteiger partial charge is 0.212 e. The summed E-state index contributed by atoms with van der Waals surface area (Å²) in [6, 6.07) is 8.14. The molecule has 1 aromatic carbocycles. The van der Waals surface area contributed by atoms with Gasteiger partial charge in [-0.15, -0.1) is 16.4 Å². The van der Waals surface area contributed by atoms with Crippen molar-refractivity contribution in [3.63, 3.8) is 0 Å². The Morgan fingerprint density at radius 2 is 1.91 bits per heavy atom. The lowest BCUT2D eigenvalue weighted by Crippen LogP contribution is -2.10. The van der Waals surface area contributed by atoms with Gasteiger partial charge in [0.25, 0.3) is 0 Å². The van der Waals surface area contributed by atoms with Crippen LogP contribution in [-0.4, -0.2) is 26.3 Å². The molecule has 2 heterocycles. The number of aromatic nitrogens is 4. The highest BCUT2D eigenvalue weighted by Crippen LogP contribution is 2.28. The number of hydrogen-bond acceptors (Lipinski definition) is 5. The third-order valence-electron chi connectivity index (χ3n) is 3.43. The van der Waals surface area contributed by atoms with Gasteiger partial charge in [0.05, 0.1) is 0 Å². The fraction of sp³-hybridized carbons (Fsp3) is 0.250. The molecule has 112 valence electrons. The lowest BCUT2D eigenvalue weighted by Gasteiger charge is -2.19. The SMILES string of the molecule is CC(C)(C)c1ccc(-c2c(C=O)nnn2-c2nccs2)cc1. The van der Waals surface area contributed by atoms with Gasteiger partial charge in [0.2, 0.25) is 5.13 Å². The van der Waals surface area contributed by atoms with Crippen molar-refractivity contribution in [3.05, 3.63) is 47.1 Å². The molecule has 0 fully saturated rings. The van der Waals surface area contributed by atoms with Crippen molar-refractivity contribution >= 4 is 17.6 Å². The summed E-state index contributed by atoms with van der Waals surface area (Å²) in [6.45, 7) is 6.50. The van der Waals surface area contributed by atoms with Crippen molar-refractivity contribution < 1.29 is 4.79 Å². The molecule has 2 aromatic heterocycles. The lowest BCUT2D eigenvalue weighted by molar-refractivity contribution is 0.111. The first kappa shape index (κ1) is 14.6. The molecule has 0 amide bonds. The summed E-state index contributed by atoms with van der Waals surface area (Å²) in [6.07, 6.45) is 2.43. The summed E-state index contributed by atoms with van der Waals surface area (Å²) in [4.78, 5) is 15.5. The van der Waals surface area contributed by atoms with Crippen molar-refractivity contribution in [2.45, 2.75) is 26.2 Å². The Hall–Kier alpha value is -2.34. The quantitative estimate of drug-likeness (QED) is 0.694. The Bertz CT molecular complexity index is 783. The molecule has 0 aliphatic rings. The maximum atomic E-state index is 11.3. The Morgan fingerprint density at radius 1 is 1.18 bits per heavy atom. The summed E-state index contributed by atoms with van der Waals surface area (Å²) in [5.41, 5.74) is 3.21. The van der Waals surface area contributed by atoms with Gasteiger partial charge in [-0.25, -0.2) is 4.98 Å². The number of thiazole rings is 1. The highest BCUT2D eigenvalue weighted by molar-refractivity contribution is 7.12. The van der Waals surface area contributed by atoms with E-state index in [1.807, 2.05) is 17.5 Å². The van der Waals surface area contributed by atoms with Crippen LogP contribution in [0.25, 0.3) is 16.4 Å². The number of hydrogen-bond donors (Lipinski definition) is 0. The van der Waals surface area contributed by atoms with E-state index in [-0.39, 0.29) is 5.41 Å². The first-order chi connectivity index (χ1) is 10.5. The first-order valence-electron chi connectivity index (χ1n) is 6.92. The zero-order valence-electron chi connectivity index (χ0n) is 12.6. The van der Waals surface area contributed by atoms with Crippen LogP contribution < -0.4 is 0 Å². The van der Waals surface area contributed by atoms with Crippen molar-refractivity contribution in [3.8, 4) is 16.4 Å². The molecule has 0 saturated carbocycles. The Balaban J connectivity index is 2.11. The summed E-state index contributed by atoms with van der Waals surface area (Å²) in [5.74, 6) is 0. The summed E-state index contributed by atoms with van der Waals surface area (Å²) in [7, 11) is 0. The second-order valence-electron chi connectivity index (χ2n) is 5.99. The van der Waals surface area contributed by atoms with Crippen LogP contribution >= 0.6 is 11.3 Å². The fourth-order valence-electron chi connectivity index (χ4n) is 2.23. The van der Waals surface area contributed by atoms with E-state index in [0.717, 1.165) is 11.8 Å². The van der Waals surface area contributed by atoms with E-state index in [2.05, 4.69) is 48.2 Å². The topological polar surface area (TPSA) is 60.7 Å². The standard InChI is InChI=1S/C16H16N4OS/c1-16(2,3)12-6-4-11(5-7-12)14-13(10-21)18-19-20(14)15-17-8-9-22-15/h4-10H,1-3H3. The molecule has 0 spiro atoms. The molecule has 3 aromatic rings. The largest absolute Gasteiger partial charge is 0.296 e. The van der Waals surface area contributed by atoms with Crippen LogP contribution in [0.3, 0.4) is 0 Å². The average molecular weight is 312 g/mol. The van der Waals surface area contributed by atoms with Crippen molar-refractivity contribution in [2.24, 2.45) is 0 Å². The molecule has 0 radical (unpaired) electrons. The van der Waals surface area contributed by atoms with Gasteiger partial charge in [-0.1, -0.05) is 50.3 Å². The molecule has 0 bridgehead atoms. The Kier molecular flexibility index (Phi) is 3.62. The molecule has 0 unspecified atom stereocenters. The molecule has 22 heavy (non-hydrogen) atoms. The van der Waals surface area contributed by atoms with Gasteiger partial charge in [0, 0.05) is 17.1 Å². The van der Waals surface area contributed by atoms with E-state index in [9.17, 15) is 4.79 Å². The van der Waals surface area contributed by atoms with Crippen LogP contribution in [0.2, 0.25) is 0 Å². The average Bonchev–Trinajstić information content (AvgIpc) is 3.15. The van der Waals surface area contributed by atoms with Gasteiger partial charge >= 0.3 is 0 Å². The van der Waals surface area contributed by atoms with Crippen molar-refractivity contribution in [1.29, 1.82) is 0 Å². The fourth-order valence-corrected chi connectivity index (χ4v) is 2.82. The number of benzene rings is 1. The molecule has 6 heteroatoms. The molecule has 0 aliphatic heterocycles. The number of nitrogens with zero attached hydrogens (tertiary/aromatic N) is 4. The second-order valence-corrected chi connectivity index (χ2v) is 6.87.